The minimum absolute atomic E-state index is 0.274. The zero-order valence-corrected chi connectivity index (χ0v) is 8.83. The number of hydrogen-bond acceptors (Lipinski definition) is 4. The topological polar surface area (TPSA) is 44.8 Å². The molecule has 80 valence electrons. The van der Waals surface area contributed by atoms with E-state index in [1.54, 1.807) is 26.8 Å². The summed E-state index contributed by atoms with van der Waals surface area (Å²) in [6.07, 6.45) is 1.72. The lowest BCUT2D eigenvalue weighted by atomic mass is 10.1. The molecule has 0 bridgehead atoms. The van der Waals surface area contributed by atoms with E-state index in [1.807, 2.05) is 0 Å². The molecule has 0 spiro atoms. The maximum atomic E-state index is 11.4. The summed E-state index contributed by atoms with van der Waals surface area (Å²) >= 11 is 0. The third kappa shape index (κ3) is 2.82. The quantitative estimate of drug-likeness (QED) is 0.497. The molecule has 1 saturated heterocycles. The van der Waals surface area contributed by atoms with Gasteiger partial charge in [-0.05, 0) is 20.8 Å². The molecule has 0 unspecified atom stereocenters. The number of hydrogen-bond donors (Lipinski definition) is 0. The molecule has 1 aliphatic heterocycles. The van der Waals surface area contributed by atoms with Crippen molar-refractivity contribution in [1.29, 1.82) is 0 Å². The first-order chi connectivity index (χ1) is 6.57. The Morgan fingerprint density at radius 1 is 1.43 bits per heavy atom. The lowest BCUT2D eigenvalue weighted by Gasteiger charge is -2.32. The number of carbonyl (C=O) groups excluding carboxylic acids is 1. The molecule has 0 amide bonds. The first-order valence-electron chi connectivity index (χ1n) is 4.59. The molecule has 1 rings (SSSR count). The monoisotopic (exact) mass is 200 g/mol. The predicted molar refractivity (Wildman–Crippen MR) is 50.7 cm³/mol. The van der Waals surface area contributed by atoms with Crippen molar-refractivity contribution in [3.8, 4) is 0 Å². The van der Waals surface area contributed by atoms with Gasteiger partial charge in [0.05, 0.1) is 13.2 Å². The van der Waals surface area contributed by atoms with Gasteiger partial charge in [0.25, 0.3) is 0 Å². The van der Waals surface area contributed by atoms with Crippen molar-refractivity contribution in [2.75, 3.05) is 20.0 Å². The van der Waals surface area contributed by atoms with Gasteiger partial charge in [0.15, 0.2) is 5.60 Å². The molecule has 1 heterocycles. The molecule has 0 aromatic heterocycles. The second kappa shape index (κ2) is 4.57. The van der Waals surface area contributed by atoms with Gasteiger partial charge in [0.1, 0.15) is 6.79 Å². The maximum Gasteiger partial charge on any atom is 0.334 e. The number of allylic oxidation sites excluding steroid dienone is 1. The standard InChI is InChI=1S/C10H16O4/c1-4-8(2)9(11)14-10(3)5-12-7-13-6-10/h4H,5-7H2,1-3H3. The van der Waals surface area contributed by atoms with Crippen molar-refractivity contribution in [3.63, 3.8) is 0 Å². The molecular weight excluding hydrogens is 184 g/mol. The van der Waals surface area contributed by atoms with Gasteiger partial charge < -0.3 is 14.2 Å². The third-order valence-corrected chi connectivity index (χ3v) is 2.08. The van der Waals surface area contributed by atoms with E-state index in [2.05, 4.69) is 0 Å². The van der Waals surface area contributed by atoms with Crippen LogP contribution in [0.2, 0.25) is 0 Å². The van der Waals surface area contributed by atoms with E-state index in [9.17, 15) is 4.79 Å². The average molecular weight is 200 g/mol. The fourth-order valence-corrected chi connectivity index (χ4v) is 1.10. The Morgan fingerprint density at radius 3 is 2.50 bits per heavy atom. The number of rotatable bonds is 2. The second-order valence-electron chi connectivity index (χ2n) is 3.63. The van der Waals surface area contributed by atoms with Gasteiger partial charge in [-0.1, -0.05) is 6.08 Å². The molecule has 14 heavy (non-hydrogen) atoms. The predicted octanol–water partition coefficient (Wildman–Crippen LogP) is 1.26. The van der Waals surface area contributed by atoms with Gasteiger partial charge in [-0.15, -0.1) is 0 Å². The van der Waals surface area contributed by atoms with E-state index in [1.165, 1.54) is 0 Å². The van der Waals surface area contributed by atoms with Crippen molar-refractivity contribution in [2.45, 2.75) is 26.4 Å². The summed E-state index contributed by atoms with van der Waals surface area (Å²) in [5, 5.41) is 0. The van der Waals surface area contributed by atoms with Crippen molar-refractivity contribution in [2.24, 2.45) is 0 Å². The highest BCUT2D eigenvalue weighted by molar-refractivity contribution is 5.87. The van der Waals surface area contributed by atoms with E-state index in [4.69, 9.17) is 14.2 Å². The Kier molecular flexibility index (Phi) is 3.66. The van der Waals surface area contributed by atoms with Crippen LogP contribution in [0.3, 0.4) is 0 Å². The molecule has 4 nitrogen and oxygen atoms in total. The van der Waals surface area contributed by atoms with Crippen LogP contribution in [0.1, 0.15) is 20.8 Å². The van der Waals surface area contributed by atoms with Crippen LogP contribution in [0.15, 0.2) is 11.6 Å². The minimum atomic E-state index is -0.653. The summed E-state index contributed by atoms with van der Waals surface area (Å²) in [7, 11) is 0. The molecule has 0 radical (unpaired) electrons. The molecular formula is C10H16O4. The van der Waals surface area contributed by atoms with Crippen LogP contribution in [-0.2, 0) is 19.0 Å². The summed E-state index contributed by atoms with van der Waals surface area (Å²) < 4.78 is 15.4. The Balaban J connectivity index is 2.53. The van der Waals surface area contributed by atoms with E-state index in [-0.39, 0.29) is 12.8 Å². The fourth-order valence-electron chi connectivity index (χ4n) is 1.10. The Labute approximate surface area is 83.8 Å². The normalized spacial score (nSPS) is 21.8. The smallest absolute Gasteiger partial charge is 0.334 e. The highest BCUT2D eigenvalue weighted by atomic mass is 16.7. The second-order valence-corrected chi connectivity index (χ2v) is 3.63. The van der Waals surface area contributed by atoms with Gasteiger partial charge in [-0.25, -0.2) is 4.79 Å². The Bertz CT molecular complexity index is 239. The first kappa shape index (κ1) is 11.2. The van der Waals surface area contributed by atoms with Gasteiger partial charge in [0.2, 0.25) is 0 Å². The fraction of sp³-hybridized carbons (Fsp3) is 0.700. The molecule has 1 aliphatic rings. The van der Waals surface area contributed by atoms with E-state index in [0.29, 0.717) is 18.8 Å². The van der Waals surface area contributed by atoms with Crippen molar-refractivity contribution in [1.82, 2.24) is 0 Å². The summed E-state index contributed by atoms with van der Waals surface area (Å²) in [5.41, 5.74) is -0.0589. The van der Waals surface area contributed by atoms with Crippen molar-refractivity contribution >= 4 is 5.97 Å². The Hall–Kier alpha value is -0.870. The highest BCUT2D eigenvalue weighted by Crippen LogP contribution is 2.17. The lowest BCUT2D eigenvalue weighted by Crippen LogP contribution is -2.45. The molecule has 0 aliphatic carbocycles. The van der Waals surface area contributed by atoms with Crippen LogP contribution in [0.25, 0.3) is 0 Å². The van der Waals surface area contributed by atoms with Gasteiger partial charge >= 0.3 is 5.97 Å². The van der Waals surface area contributed by atoms with E-state index in [0.717, 1.165) is 0 Å². The summed E-state index contributed by atoms with van der Waals surface area (Å²) in [6.45, 7) is 6.36. The molecule has 0 saturated carbocycles. The third-order valence-electron chi connectivity index (χ3n) is 2.08. The zero-order valence-electron chi connectivity index (χ0n) is 8.83. The highest BCUT2D eigenvalue weighted by Gasteiger charge is 2.32. The van der Waals surface area contributed by atoms with E-state index < -0.39 is 5.60 Å². The van der Waals surface area contributed by atoms with Crippen LogP contribution in [-0.4, -0.2) is 31.6 Å². The van der Waals surface area contributed by atoms with Crippen molar-refractivity contribution < 1.29 is 19.0 Å². The van der Waals surface area contributed by atoms with Crippen LogP contribution >= 0.6 is 0 Å². The SMILES string of the molecule is CC=C(C)C(=O)OC1(C)COCOC1. The van der Waals surface area contributed by atoms with Gasteiger partial charge in [-0.3, -0.25) is 0 Å². The maximum absolute atomic E-state index is 11.4. The summed E-state index contributed by atoms with van der Waals surface area (Å²) in [6, 6.07) is 0. The van der Waals surface area contributed by atoms with Gasteiger partial charge in [0, 0.05) is 5.57 Å². The molecule has 0 N–H and O–H groups in total. The van der Waals surface area contributed by atoms with Crippen LogP contribution in [0.4, 0.5) is 0 Å². The summed E-state index contributed by atoms with van der Waals surface area (Å²) in [4.78, 5) is 11.4. The minimum Gasteiger partial charge on any atom is -0.451 e. The molecule has 4 heteroatoms. The average Bonchev–Trinajstić information content (AvgIpc) is 2.17. The molecule has 1 fully saturated rings. The largest absolute Gasteiger partial charge is 0.451 e. The van der Waals surface area contributed by atoms with Crippen molar-refractivity contribution in [3.05, 3.63) is 11.6 Å². The van der Waals surface area contributed by atoms with Crippen LogP contribution < -0.4 is 0 Å². The van der Waals surface area contributed by atoms with Gasteiger partial charge in [-0.2, -0.15) is 0 Å². The number of ether oxygens (including phenoxy) is 3. The molecule has 0 aromatic rings. The van der Waals surface area contributed by atoms with Crippen LogP contribution in [0.5, 0.6) is 0 Å². The molecule has 0 aromatic carbocycles. The first-order valence-corrected chi connectivity index (χ1v) is 4.59. The van der Waals surface area contributed by atoms with E-state index >= 15 is 0 Å². The zero-order chi connectivity index (χ0) is 10.6. The summed E-state index contributed by atoms with van der Waals surface area (Å²) in [5.74, 6) is -0.316. The lowest BCUT2D eigenvalue weighted by molar-refractivity contribution is -0.211. The molecule has 0 atom stereocenters. The Morgan fingerprint density at radius 2 is 2.00 bits per heavy atom. The number of esters is 1. The number of carbonyl (C=O) groups is 1. The van der Waals surface area contributed by atoms with Crippen LogP contribution in [0, 0.1) is 0 Å².